The van der Waals surface area contributed by atoms with Crippen molar-refractivity contribution < 1.29 is 9.53 Å². The van der Waals surface area contributed by atoms with E-state index < -0.39 is 11.2 Å². The van der Waals surface area contributed by atoms with E-state index in [4.69, 9.17) is 0 Å². The van der Waals surface area contributed by atoms with E-state index >= 15 is 0 Å². The van der Waals surface area contributed by atoms with Crippen LogP contribution >= 0.6 is 15.9 Å². The molecule has 0 aliphatic heterocycles. The molecule has 0 saturated carbocycles. The quantitative estimate of drug-likeness (QED) is 0.615. The lowest BCUT2D eigenvalue weighted by molar-refractivity contribution is -0.139. The van der Waals surface area contributed by atoms with E-state index in [9.17, 15) is 14.4 Å². The molecule has 0 aromatic carbocycles. The van der Waals surface area contributed by atoms with Gasteiger partial charge >= 0.3 is 11.7 Å². The molecule has 1 heterocycles. The molecular formula is C9H10BrN3O4. The molecule has 0 fully saturated rings. The van der Waals surface area contributed by atoms with Gasteiger partial charge in [-0.1, -0.05) is 6.08 Å². The zero-order valence-corrected chi connectivity index (χ0v) is 10.6. The molecule has 1 aromatic rings. The number of halogens is 1. The van der Waals surface area contributed by atoms with Crippen molar-refractivity contribution in [3.8, 4) is 0 Å². The third kappa shape index (κ3) is 4.35. The van der Waals surface area contributed by atoms with Crippen LogP contribution in [0.4, 0.5) is 0 Å². The fourth-order valence-electron chi connectivity index (χ4n) is 0.942. The standard InChI is InChI=1S/C9H10BrN3O4/c1-6(14)17-5-3-2-4-13-9(16)11-8(15)7(10)12-13/h2-3H,4-5H2,1H3,(H,11,15,16)/b3-2-. The lowest BCUT2D eigenvalue weighted by Crippen LogP contribution is -2.32. The zero-order valence-electron chi connectivity index (χ0n) is 8.97. The number of aromatic nitrogens is 3. The van der Waals surface area contributed by atoms with Gasteiger partial charge in [0, 0.05) is 6.92 Å². The number of rotatable bonds is 4. The Bertz CT molecular complexity index is 546. The van der Waals surface area contributed by atoms with Gasteiger partial charge < -0.3 is 4.74 Å². The van der Waals surface area contributed by atoms with E-state index in [1.807, 2.05) is 0 Å². The summed E-state index contributed by atoms with van der Waals surface area (Å²) in [7, 11) is 0. The molecule has 1 aromatic heterocycles. The Kier molecular flexibility index (Phi) is 4.83. The molecule has 0 saturated heterocycles. The van der Waals surface area contributed by atoms with Crippen LogP contribution in [-0.2, 0) is 16.1 Å². The highest BCUT2D eigenvalue weighted by molar-refractivity contribution is 9.10. The van der Waals surface area contributed by atoms with Crippen LogP contribution < -0.4 is 11.2 Å². The van der Waals surface area contributed by atoms with Gasteiger partial charge in [-0.3, -0.25) is 14.6 Å². The molecule has 1 N–H and O–H groups in total. The SMILES string of the molecule is CC(=O)OC/C=C\Cn1nc(Br)c(=O)[nH]c1=O. The lowest BCUT2D eigenvalue weighted by Gasteiger charge is -1.99. The highest BCUT2D eigenvalue weighted by Gasteiger charge is 2.01. The first-order valence-corrected chi connectivity index (χ1v) is 5.45. The van der Waals surface area contributed by atoms with Crippen molar-refractivity contribution >= 4 is 21.9 Å². The van der Waals surface area contributed by atoms with Crippen molar-refractivity contribution in [2.24, 2.45) is 0 Å². The van der Waals surface area contributed by atoms with E-state index in [-0.39, 0.29) is 23.7 Å². The second kappa shape index (κ2) is 6.14. The van der Waals surface area contributed by atoms with Gasteiger partial charge in [0.25, 0.3) is 5.56 Å². The minimum Gasteiger partial charge on any atom is -0.462 e. The number of carbonyl (C=O) groups excluding carboxylic acids is 1. The second-order valence-electron chi connectivity index (χ2n) is 3.01. The summed E-state index contributed by atoms with van der Waals surface area (Å²) in [5, 5.41) is 3.72. The van der Waals surface area contributed by atoms with Gasteiger partial charge in [0.05, 0.1) is 6.54 Å². The summed E-state index contributed by atoms with van der Waals surface area (Å²) in [4.78, 5) is 34.8. The average molecular weight is 304 g/mol. The Morgan fingerprint density at radius 3 is 2.88 bits per heavy atom. The first kappa shape index (κ1) is 13.4. The number of esters is 1. The van der Waals surface area contributed by atoms with E-state index in [1.165, 1.54) is 6.92 Å². The molecule has 0 bridgehead atoms. The lowest BCUT2D eigenvalue weighted by atomic mass is 10.5. The number of hydrogen-bond donors (Lipinski definition) is 1. The number of nitrogens with one attached hydrogen (secondary N) is 1. The van der Waals surface area contributed by atoms with Crippen molar-refractivity contribution in [3.63, 3.8) is 0 Å². The van der Waals surface area contributed by atoms with Crippen LogP contribution in [0.15, 0.2) is 26.3 Å². The molecular weight excluding hydrogens is 294 g/mol. The van der Waals surface area contributed by atoms with E-state index in [1.54, 1.807) is 12.2 Å². The Morgan fingerprint density at radius 1 is 1.53 bits per heavy atom. The molecule has 7 nitrogen and oxygen atoms in total. The van der Waals surface area contributed by atoms with E-state index in [0.717, 1.165) is 4.68 Å². The van der Waals surface area contributed by atoms with Crippen molar-refractivity contribution in [3.05, 3.63) is 37.6 Å². The molecule has 8 heteroatoms. The van der Waals surface area contributed by atoms with Gasteiger partial charge in [-0.05, 0) is 22.0 Å². The summed E-state index contributed by atoms with van der Waals surface area (Å²) < 4.78 is 5.75. The van der Waals surface area contributed by atoms with Crippen molar-refractivity contribution in [2.75, 3.05) is 6.61 Å². The number of nitrogens with zero attached hydrogens (tertiary/aromatic N) is 2. The Morgan fingerprint density at radius 2 is 2.24 bits per heavy atom. The molecule has 0 aliphatic carbocycles. The van der Waals surface area contributed by atoms with Crippen LogP contribution in [0.3, 0.4) is 0 Å². The Hall–Kier alpha value is -1.70. The molecule has 0 unspecified atom stereocenters. The monoisotopic (exact) mass is 303 g/mol. The smallest absolute Gasteiger partial charge is 0.345 e. The van der Waals surface area contributed by atoms with Crippen LogP contribution in [0, 0.1) is 0 Å². The Labute approximate surface area is 104 Å². The maximum absolute atomic E-state index is 11.3. The summed E-state index contributed by atoms with van der Waals surface area (Å²) in [5.74, 6) is -0.378. The number of aromatic amines is 1. The van der Waals surface area contributed by atoms with Gasteiger partial charge in [0.1, 0.15) is 6.61 Å². The topological polar surface area (TPSA) is 94.1 Å². The molecule has 1 rings (SSSR count). The Balaban J connectivity index is 2.64. The van der Waals surface area contributed by atoms with E-state index in [0.29, 0.717) is 0 Å². The summed E-state index contributed by atoms with van der Waals surface area (Å²) in [6.07, 6.45) is 3.18. The molecule has 92 valence electrons. The van der Waals surface area contributed by atoms with Gasteiger partial charge in [0.2, 0.25) is 0 Å². The molecule has 0 aliphatic rings. The number of ether oxygens (including phenoxy) is 1. The second-order valence-corrected chi connectivity index (χ2v) is 3.76. The number of carbonyl (C=O) groups is 1. The van der Waals surface area contributed by atoms with Gasteiger partial charge in [-0.2, -0.15) is 5.10 Å². The minimum absolute atomic E-state index is 0.0329. The number of H-pyrrole nitrogens is 1. The first-order chi connectivity index (χ1) is 8.00. The number of allylic oxidation sites excluding steroid dienone is 1. The summed E-state index contributed by atoms with van der Waals surface area (Å²) in [6.45, 7) is 1.61. The van der Waals surface area contributed by atoms with Crippen LogP contribution in [-0.4, -0.2) is 27.3 Å². The van der Waals surface area contributed by atoms with Gasteiger partial charge in [-0.25, -0.2) is 9.48 Å². The fourth-order valence-corrected chi connectivity index (χ4v) is 1.23. The average Bonchev–Trinajstić information content (AvgIpc) is 2.24. The van der Waals surface area contributed by atoms with Gasteiger partial charge in [0.15, 0.2) is 4.60 Å². The number of hydrogen-bond acceptors (Lipinski definition) is 5. The largest absolute Gasteiger partial charge is 0.462 e. The normalized spacial score (nSPS) is 10.7. The van der Waals surface area contributed by atoms with Crippen LogP contribution in [0.1, 0.15) is 6.92 Å². The minimum atomic E-state index is -0.602. The highest BCUT2D eigenvalue weighted by atomic mass is 79.9. The molecule has 17 heavy (non-hydrogen) atoms. The highest BCUT2D eigenvalue weighted by Crippen LogP contribution is 1.92. The summed E-state index contributed by atoms with van der Waals surface area (Å²) >= 11 is 2.91. The predicted molar refractivity (Wildman–Crippen MR) is 62.6 cm³/mol. The molecule has 0 amide bonds. The maximum atomic E-state index is 11.3. The molecule has 0 radical (unpaired) electrons. The van der Waals surface area contributed by atoms with Crippen LogP contribution in [0.25, 0.3) is 0 Å². The van der Waals surface area contributed by atoms with Crippen molar-refractivity contribution in [1.82, 2.24) is 14.8 Å². The zero-order chi connectivity index (χ0) is 12.8. The third-order valence-electron chi connectivity index (χ3n) is 1.68. The van der Waals surface area contributed by atoms with Gasteiger partial charge in [-0.15, -0.1) is 0 Å². The fraction of sp³-hybridized carbons (Fsp3) is 0.333. The molecule has 0 spiro atoms. The third-order valence-corrected chi connectivity index (χ3v) is 2.20. The first-order valence-electron chi connectivity index (χ1n) is 4.66. The summed E-state index contributed by atoms with van der Waals surface area (Å²) in [6, 6.07) is 0. The summed E-state index contributed by atoms with van der Waals surface area (Å²) in [5.41, 5.74) is -1.18. The van der Waals surface area contributed by atoms with Crippen molar-refractivity contribution in [1.29, 1.82) is 0 Å². The molecule has 0 atom stereocenters. The van der Waals surface area contributed by atoms with E-state index in [2.05, 4.69) is 30.7 Å². The van der Waals surface area contributed by atoms with Crippen molar-refractivity contribution in [2.45, 2.75) is 13.5 Å². The van der Waals surface area contributed by atoms with Crippen LogP contribution in [0.2, 0.25) is 0 Å². The maximum Gasteiger partial charge on any atom is 0.345 e. The van der Waals surface area contributed by atoms with Crippen LogP contribution in [0.5, 0.6) is 0 Å². The predicted octanol–water partition coefficient (Wildman–Crippen LogP) is -0.187.